The molecule has 12 heavy (non-hydrogen) atoms. The van der Waals surface area contributed by atoms with E-state index in [1.807, 2.05) is 6.92 Å². The Kier molecular flexibility index (Phi) is 3.51. The van der Waals surface area contributed by atoms with Crippen LogP contribution in [0.4, 0.5) is 0 Å². The lowest BCUT2D eigenvalue weighted by molar-refractivity contribution is -0.224. The quantitative estimate of drug-likeness (QED) is 0.475. The number of hydrogen-bond donors (Lipinski definition) is 0. The first kappa shape index (κ1) is 9.50. The van der Waals surface area contributed by atoms with Crippen LogP contribution in [0.2, 0.25) is 0 Å². The molecular weight excluding hydrogens is 154 g/mol. The van der Waals surface area contributed by atoms with Crippen LogP contribution < -0.4 is 0 Å². The van der Waals surface area contributed by atoms with Gasteiger partial charge in [-0.2, -0.15) is 0 Å². The van der Waals surface area contributed by atoms with Gasteiger partial charge in [-0.25, -0.2) is 6.57 Å². The largest absolute Gasteiger partial charge is 0.350 e. The fourth-order valence-electron chi connectivity index (χ4n) is 1.66. The Labute approximate surface area is 73.5 Å². The normalized spacial score (nSPS) is 20.7. The van der Waals surface area contributed by atoms with Crippen LogP contribution in [0.25, 0.3) is 4.85 Å². The first-order valence-electron chi connectivity index (χ1n) is 4.44. The monoisotopic (exact) mass is 169 g/mol. The standard InChI is InChI=1S/C9H15NO2/c1-3-11-9(12-8-10-2)6-4-5-7-9/h3-8H2,1H3. The highest BCUT2D eigenvalue weighted by Crippen LogP contribution is 2.34. The number of nitrogens with zero attached hydrogens (tertiary/aromatic N) is 1. The van der Waals surface area contributed by atoms with Crippen molar-refractivity contribution in [3.8, 4) is 0 Å². The van der Waals surface area contributed by atoms with E-state index in [1.54, 1.807) is 0 Å². The maximum atomic E-state index is 6.63. The zero-order valence-corrected chi connectivity index (χ0v) is 7.51. The Bertz CT molecular complexity index is 168. The van der Waals surface area contributed by atoms with Gasteiger partial charge in [-0.15, -0.1) is 0 Å². The van der Waals surface area contributed by atoms with Crippen molar-refractivity contribution in [3.05, 3.63) is 11.4 Å². The van der Waals surface area contributed by atoms with Crippen molar-refractivity contribution >= 4 is 0 Å². The summed E-state index contributed by atoms with van der Waals surface area (Å²) in [5.41, 5.74) is 0. The highest BCUT2D eigenvalue weighted by atomic mass is 16.7. The summed E-state index contributed by atoms with van der Waals surface area (Å²) < 4.78 is 10.9. The first-order valence-corrected chi connectivity index (χ1v) is 4.44. The van der Waals surface area contributed by atoms with E-state index < -0.39 is 5.79 Å². The predicted molar refractivity (Wildman–Crippen MR) is 45.4 cm³/mol. The molecule has 0 aromatic heterocycles. The molecule has 0 radical (unpaired) electrons. The minimum absolute atomic E-state index is 0.125. The Balaban J connectivity index is 2.42. The van der Waals surface area contributed by atoms with Gasteiger partial charge in [0.25, 0.3) is 0 Å². The van der Waals surface area contributed by atoms with Crippen LogP contribution in [0.15, 0.2) is 0 Å². The van der Waals surface area contributed by atoms with Crippen LogP contribution in [0.5, 0.6) is 0 Å². The lowest BCUT2D eigenvalue weighted by Gasteiger charge is -2.26. The number of ether oxygens (including phenoxy) is 2. The Morgan fingerprint density at radius 2 is 2.00 bits per heavy atom. The van der Waals surface area contributed by atoms with E-state index in [0.717, 1.165) is 25.7 Å². The summed E-state index contributed by atoms with van der Waals surface area (Å²) in [6.45, 7) is 9.38. The maximum absolute atomic E-state index is 6.63. The van der Waals surface area contributed by atoms with Gasteiger partial charge in [-0.05, 0) is 19.8 Å². The number of hydrogen-bond acceptors (Lipinski definition) is 2. The molecule has 1 fully saturated rings. The molecule has 1 saturated carbocycles. The lowest BCUT2D eigenvalue weighted by Crippen LogP contribution is -2.32. The molecule has 0 aromatic carbocycles. The molecule has 1 rings (SSSR count). The zero-order valence-electron chi connectivity index (χ0n) is 7.51. The van der Waals surface area contributed by atoms with Crippen molar-refractivity contribution in [2.45, 2.75) is 38.4 Å². The summed E-state index contributed by atoms with van der Waals surface area (Å²) in [4.78, 5) is 3.17. The summed E-state index contributed by atoms with van der Waals surface area (Å²) >= 11 is 0. The first-order chi connectivity index (χ1) is 5.83. The summed E-state index contributed by atoms with van der Waals surface area (Å²) in [6, 6.07) is 0. The topological polar surface area (TPSA) is 22.8 Å². The molecule has 0 amide bonds. The molecule has 0 N–H and O–H groups in total. The van der Waals surface area contributed by atoms with Crippen molar-refractivity contribution in [2.75, 3.05) is 13.3 Å². The van der Waals surface area contributed by atoms with Crippen LogP contribution in [0.3, 0.4) is 0 Å². The third-order valence-corrected chi connectivity index (χ3v) is 2.16. The van der Waals surface area contributed by atoms with Gasteiger partial charge in [0, 0.05) is 19.4 Å². The van der Waals surface area contributed by atoms with Gasteiger partial charge < -0.3 is 4.74 Å². The van der Waals surface area contributed by atoms with E-state index in [2.05, 4.69) is 4.85 Å². The van der Waals surface area contributed by atoms with E-state index in [-0.39, 0.29) is 6.73 Å². The van der Waals surface area contributed by atoms with Gasteiger partial charge in [-0.1, -0.05) is 0 Å². The van der Waals surface area contributed by atoms with Gasteiger partial charge in [0.1, 0.15) is 0 Å². The van der Waals surface area contributed by atoms with Gasteiger partial charge in [0.2, 0.25) is 0 Å². The smallest absolute Gasteiger partial charge is 0.320 e. The molecule has 0 heterocycles. The molecule has 3 heteroatoms. The minimum Gasteiger partial charge on any atom is -0.350 e. The van der Waals surface area contributed by atoms with Crippen molar-refractivity contribution in [3.63, 3.8) is 0 Å². The fourth-order valence-corrected chi connectivity index (χ4v) is 1.66. The molecular formula is C9H15NO2. The maximum Gasteiger partial charge on any atom is 0.320 e. The molecule has 0 unspecified atom stereocenters. The van der Waals surface area contributed by atoms with Crippen molar-refractivity contribution < 1.29 is 9.47 Å². The zero-order chi connectivity index (χ0) is 8.86. The van der Waals surface area contributed by atoms with Crippen LogP contribution >= 0.6 is 0 Å². The lowest BCUT2D eigenvalue weighted by atomic mass is 10.2. The average molecular weight is 169 g/mol. The molecule has 0 aliphatic heterocycles. The summed E-state index contributed by atoms with van der Waals surface area (Å²) in [5.74, 6) is -0.417. The van der Waals surface area contributed by atoms with E-state index in [9.17, 15) is 0 Å². The molecule has 0 spiro atoms. The SMILES string of the molecule is [C-]#[N+]COC1(OCC)CCCC1. The Morgan fingerprint density at radius 1 is 1.33 bits per heavy atom. The third-order valence-electron chi connectivity index (χ3n) is 2.16. The van der Waals surface area contributed by atoms with Crippen LogP contribution in [0, 0.1) is 6.57 Å². The molecule has 0 bridgehead atoms. The van der Waals surface area contributed by atoms with E-state index in [1.165, 1.54) is 0 Å². The molecule has 0 saturated heterocycles. The average Bonchev–Trinajstić information content (AvgIpc) is 2.51. The molecule has 1 aliphatic rings. The summed E-state index contributed by atoms with van der Waals surface area (Å²) in [7, 11) is 0. The van der Waals surface area contributed by atoms with E-state index >= 15 is 0 Å². The number of rotatable bonds is 4. The van der Waals surface area contributed by atoms with E-state index in [4.69, 9.17) is 16.0 Å². The van der Waals surface area contributed by atoms with Crippen molar-refractivity contribution in [1.29, 1.82) is 0 Å². The summed E-state index contributed by atoms with van der Waals surface area (Å²) in [6.07, 6.45) is 4.18. The van der Waals surface area contributed by atoms with Crippen LogP contribution in [0.1, 0.15) is 32.6 Å². The molecule has 68 valence electrons. The van der Waals surface area contributed by atoms with Crippen LogP contribution in [-0.2, 0) is 9.47 Å². The summed E-state index contributed by atoms with van der Waals surface area (Å²) in [5, 5.41) is 0. The van der Waals surface area contributed by atoms with Crippen LogP contribution in [-0.4, -0.2) is 19.1 Å². The second kappa shape index (κ2) is 4.44. The molecule has 0 atom stereocenters. The second-order valence-corrected chi connectivity index (χ2v) is 2.98. The third kappa shape index (κ3) is 2.20. The highest BCUT2D eigenvalue weighted by molar-refractivity contribution is 4.77. The van der Waals surface area contributed by atoms with Gasteiger partial charge in [-0.3, -0.25) is 9.58 Å². The van der Waals surface area contributed by atoms with Crippen molar-refractivity contribution in [2.24, 2.45) is 0 Å². The molecule has 1 aliphatic carbocycles. The second-order valence-electron chi connectivity index (χ2n) is 2.98. The highest BCUT2D eigenvalue weighted by Gasteiger charge is 2.36. The molecule has 0 aromatic rings. The fraction of sp³-hybridized carbons (Fsp3) is 0.889. The van der Waals surface area contributed by atoms with E-state index in [0.29, 0.717) is 6.61 Å². The van der Waals surface area contributed by atoms with Gasteiger partial charge in [0.15, 0.2) is 5.79 Å². The Morgan fingerprint density at radius 3 is 2.50 bits per heavy atom. The Hall–Kier alpha value is -0.590. The molecule has 3 nitrogen and oxygen atoms in total. The van der Waals surface area contributed by atoms with Gasteiger partial charge in [0.05, 0.1) is 0 Å². The van der Waals surface area contributed by atoms with Crippen molar-refractivity contribution in [1.82, 2.24) is 0 Å². The minimum atomic E-state index is -0.417. The van der Waals surface area contributed by atoms with Gasteiger partial charge >= 0.3 is 6.73 Å². The predicted octanol–water partition coefficient (Wildman–Crippen LogP) is 2.19.